The molecule has 2 aromatic rings. The first kappa shape index (κ1) is 12.1. The van der Waals surface area contributed by atoms with Gasteiger partial charge in [0.2, 0.25) is 5.13 Å². The summed E-state index contributed by atoms with van der Waals surface area (Å²) in [6.07, 6.45) is 0. The molecule has 0 bridgehead atoms. The summed E-state index contributed by atoms with van der Waals surface area (Å²) in [6, 6.07) is 9.96. The van der Waals surface area contributed by atoms with Crippen LogP contribution in [0.1, 0.15) is 6.92 Å². The van der Waals surface area contributed by atoms with E-state index in [1.165, 1.54) is 0 Å². The number of rotatable bonds is 5. The molecule has 2 rings (SSSR count). The fourth-order valence-corrected chi connectivity index (χ4v) is 2.76. The van der Waals surface area contributed by atoms with E-state index in [4.69, 9.17) is 0 Å². The number of hydrogen-bond donors (Lipinski definition) is 1. The minimum Gasteiger partial charge on any atom is -0.330 e. The van der Waals surface area contributed by atoms with Gasteiger partial charge in [0.25, 0.3) is 0 Å². The van der Waals surface area contributed by atoms with E-state index in [1.54, 1.807) is 23.1 Å². The molecule has 1 heterocycles. The van der Waals surface area contributed by atoms with Crippen LogP contribution in [0.25, 0.3) is 0 Å². The van der Waals surface area contributed by atoms with Crippen molar-refractivity contribution >= 4 is 33.9 Å². The number of anilines is 2. The standard InChI is InChI=1S/C12H13N3S2/c1-9(2)8-16-12-15-14-11(17-12)13-10-6-4-3-5-7-10/h3-7H,1,8H2,2H3,(H,13,14). The molecule has 88 valence electrons. The zero-order chi connectivity index (χ0) is 12.1. The lowest BCUT2D eigenvalue weighted by atomic mass is 10.3. The van der Waals surface area contributed by atoms with Crippen LogP contribution in [0.15, 0.2) is 46.8 Å². The highest BCUT2D eigenvalue weighted by atomic mass is 32.2. The average Bonchev–Trinajstić information content (AvgIpc) is 2.75. The first-order chi connectivity index (χ1) is 8.24. The Bertz CT molecular complexity index is 493. The maximum Gasteiger partial charge on any atom is 0.210 e. The lowest BCUT2D eigenvalue weighted by molar-refractivity contribution is 1.01. The molecule has 1 aromatic carbocycles. The van der Waals surface area contributed by atoms with Crippen molar-refractivity contribution in [1.29, 1.82) is 0 Å². The smallest absolute Gasteiger partial charge is 0.210 e. The predicted molar refractivity (Wildman–Crippen MR) is 75.2 cm³/mol. The molecule has 1 N–H and O–H groups in total. The SMILES string of the molecule is C=C(C)CSc1nnc(Nc2ccccc2)s1. The molecule has 0 atom stereocenters. The van der Waals surface area contributed by atoms with Gasteiger partial charge in [0.05, 0.1) is 0 Å². The molecule has 5 heteroatoms. The van der Waals surface area contributed by atoms with E-state index >= 15 is 0 Å². The number of nitrogens with one attached hydrogen (secondary N) is 1. The van der Waals surface area contributed by atoms with Crippen LogP contribution in [0, 0.1) is 0 Å². The molecule has 0 aliphatic carbocycles. The van der Waals surface area contributed by atoms with Crippen molar-refractivity contribution in [2.45, 2.75) is 11.3 Å². The van der Waals surface area contributed by atoms with Crippen LogP contribution >= 0.6 is 23.1 Å². The number of aromatic nitrogens is 2. The predicted octanol–water partition coefficient (Wildman–Crippen LogP) is 3.95. The van der Waals surface area contributed by atoms with Crippen LogP contribution in [0.2, 0.25) is 0 Å². The molecule has 0 unspecified atom stereocenters. The zero-order valence-corrected chi connectivity index (χ0v) is 11.1. The minimum absolute atomic E-state index is 0.820. The van der Waals surface area contributed by atoms with Crippen molar-refractivity contribution in [3.8, 4) is 0 Å². The van der Waals surface area contributed by atoms with Crippen molar-refractivity contribution < 1.29 is 0 Å². The quantitative estimate of drug-likeness (QED) is 0.654. The molecule has 17 heavy (non-hydrogen) atoms. The van der Waals surface area contributed by atoms with Gasteiger partial charge in [-0.1, -0.05) is 53.4 Å². The highest BCUT2D eigenvalue weighted by Gasteiger charge is 2.04. The first-order valence-electron chi connectivity index (χ1n) is 5.17. The second-order valence-electron chi connectivity index (χ2n) is 3.61. The summed E-state index contributed by atoms with van der Waals surface area (Å²) in [5.41, 5.74) is 2.17. The topological polar surface area (TPSA) is 37.8 Å². The van der Waals surface area contributed by atoms with E-state index < -0.39 is 0 Å². The van der Waals surface area contributed by atoms with Gasteiger partial charge >= 0.3 is 0 Å². The van der Waals surface area contributed by atoms with Crippen LogP contribution in [0.5, 0.6) is 0 Å². The summed E-state index contributed by atoms with van der Waals surface area (Å²) in [5, 5.41) is 12.2. The van der Waals surface area contributed by atoms with Crippen molar-refractivity contribution in [2.24, 2.45) is 0 Å². The van der Waals surface area contributed by atoms with Crippen LogP contribution in [-0.2, 0) is 0 Å². The largest absolute Gasteiger partial charge is 0.330 e. The molecule has 0 saturated heterocycles. The number of nitrogens with zero attached hydrogens (tertiary/aromatic N) is 2. The van der Waals surface area contributed by atoms with Gasteiger partial charge in [-0.2, -0.15) is 0 Å². The maximum atomic E-state index is 4.11. The van der Waals surface area contributed by atoms with Crippen LogP contribution in [0.4, 0.5) is 10.8 Å². The van der Waals surface area contributed by atoms with Gasteiger partial charge in [-0.3, -0.25) is 0 Å². The Kier molecular flexibility index (Phi) is 4.17. The molecular weight excluding hydrogens is 250 g/mol. The Morgan fingerprint density at radius 1 is 1.35 bits per heavy atom. The van der Waals surface area contributed by atoms with Crippen molar-refractivity contribution in [3.63, 3.8) is 0 Å². The number of thioether (sulfide) groups is 1. The molecule has 0 aliphatic heterocycles. The number of benzene rings is 1. The van der Waals surface area contributed by atoms with Gasteiger partial charge in [0.1, 0.15) is 0 Å². The summed E-state index contributed by atoms with van der Waals surface area (Å²) in [6.45, 7) is 5.88. The summed E-state index contributed by atoms with van der Waals surface area (Å²) < 4.78 is 0.964. The Balaban J connectivity index is 1.97. The maximum absolute atomic E-state index is 4.11. The van der Waals surface area contributed by atoms with Gasteiger partial charge in [-0.15, -0.1) is 10.2 Å². The molecule has 0 spiro atoms. The minimum atomic E-state index is 0.820. The Hall–Kier alpha value is -1.33. The number of para-hydroxylation sites is 1. The summed E-state index contributed by atoms with van der Waals surface area (Å²) in [4.78, 5) is 0. The van der Waals surface area contributed by atoms with E-state index in [-0.39, 0.29) is 0 Å². The fourth-order valence-electron chi connectivity index (χ4n) is 1.15. The normalized spacial score (nSPS) is 10.2. The van der Waals surface area contributed by atoms with Gasteiger partial charge < -0.3 is 5.32 Å². The second kappa shape index (κ2) is 5.84. The van der Waals surface area contributed by atoms with Crippen molar-refractivity contribution in [1.82, 2.24) is 10.2 Å². The van der Waals surface area contributed by atoms with E-state index in [2.05, 4.69) is 22.1 Å². The molecule has 0 saturated carbocycles. The molecule has 1 aromatic heterocycles. The molecule has 0 aliphatic rings. The third-order valence-electron chi connectivity index (χ3n) is 1.87. The van der Waals surface area contributed by atoms with Crippen molar-refractivity contribution in [2.75, 3.05) is 11.1 Å². The zero-order valence-electron chi connectivity index (χ0n) is 9.51. The van der Waals surface area contributed by atoms with E-state index in [0.29, 0.717) is 0 Å². The summed E-state index contributed by atoms with van der Waals surface area (Å²) >= 11 is 3.22. The Labute approximate surface area is 109 Å². The second-order valence-corrected chi connectivity index (χ2v) is 5.81. The third-order valence-corrected chi connectivity index (χ3v) is 4.08. The van der Waals surface area contributed by atoms with E-state index in [9.17, 15) is 0 Å². The number of hydrogen-bond acceptors (Lipinski definition) is 5. The van der Waals surface area contributed by atoms with E-state index in [0.717, 1.165) is 26.5 Å². The Morgan fingerprint density at radius 2 is 2.12 bits per heavy atom. The molecule has 0 radical (unpaired) electrons. The summed E-state index contributed by atoms with van der Waals surface area (Å²) in [5.74, 6) is 0.889. The highest BCUT2D eigenvalue weighted by Crippen LogP contribution is 2.28. The van der Waals surface area contributed by atoms with Crippen LogP contribution in [-0.4, -0.2) is 16.0 Å². The van der Waals surface area contributed by atoms with Gasteiger partial charge in [-0.05, 0) is 19.1 Å². The lowest BCUT2D eigenvalue weighted by Gasteiger charge is -1.99. The Morgan fingerprint density at radius 3 is 2.82 bits per heavy atom. The molecular formula is C12H13N3S2. The third kappa shape index (κ3) is 3.87. The molecule has 3 nitrogen and oxygen atoms in total. The molecule has 0 amide bonds. The van der Waals surface area contributed by atoms with Crippen molar-refractivity contribution in [3.05, 3.63) is 42.5 Å². The van der Waals surface area contributed by atoms with Crippen LogP contribution < -0.4 is 5.32 Å². The summed E-state index contributed by atoms with van der Waals surface area (Å²) in [7, 11) is 0. The van der Waals surface area contributed by atoms with E-state index in [1.807, 2.05) is 37.3 Å². The fraction of sp³-hybridized carbons (Fsp3) is 0.167. The molecule has 0 fully saturated rings. The first-order valence-corrected chi connectivity index (χ1v) is 6.97. The lowest BCUT2D eigenvalue weighted by Crippen LogP contribution is -1.87. The monoisotopic (exact) mass is 263 g/mol. The van der Waals surface area contributed by atoms with Gasteiger partial charge in [0.15, 0.2) is 4.34 Å². The average molecular weight is 263 g/mol. The highest BCUT2D eigenvalue weighted by molar-refractivity contribution is 8.01. The van der Waals surface area contributed by atoms with Crippen LogP contribution in [0.3, 0.4) is 0 Å². The van der Waals surface area contributed by atoms with Gasteiger partial charge in [0, 0.05) is 11.4 Å². The van der Waals surface area contributed by atoms with Gasteiger partial charge in [-0.25, -0.2) is 0 Å².